The van der Waals surface area contributed by atoms with Crippen molar-refractivity contribution in [3.05, 3.63) is 39.7 Å². The van der Waals surface area contributed by atoms with Gasteiger partial charge in [0.05, 0.1) is 17.5 Å². The summed E-state index contributed by atoms with van der Waals surface area (Å²) in [5.41, 5.74) is -0.206. The highest BCUT2D eigenvalue weighted by atomic mass is 19.1. The number of nitro groups is 1. The summed E-state index contributed by atoms with van der Waals surface area (Å²) in [6.45, 7) is 0.160. The Morgan fingerprint density at radius 1 is 1.56 bits per heavy atom. The number of rotatable bonds is 2. The largest absolute Gasteiger partial charge is 0.439 e. The molecular formula is C9H7FN2O4. The minimum atomic E-state index is -0.754. The summed E-state index contributed by atoms with van der Waals surface area (Å²) in [5, 5.41) is 12.7. The summed E-state index contributed by atoms with van der Waals surface area (Å²) in [6, 6.07) is 3.23. The van der Waals surface area contributed by atoms with E-state index in [4.69, 9.17) is 4.74 Å². The Kier molecular flexibility index (Phi) is 2.43. The van der Waals surface area contributed by atoms with Crippen molar-refractivity contribution >= 4 is 11.8 Å². The SMILES string of the molecule is O=C1NCC(c2ccc([N+](=O)[O-])cc2F)O1. The number of nitrogens with one attached hydrogen (secondary N) is 1. The molecule has 0 saturated carbocycles. The van der Waals surface area contributed by atoms with E-state index in [-0.39, 0.29) is 17.8 Å². The van der Waals surface area contributed by atoms with Crippen LogP contribution in [-0.4, -0.2) is 17.6 Å². The normalized spacial score (nSPS) is 19.1. The monoisotopic (exact) mass is 226 g/mol. The second-order valence-corrected chi connectivity index (χ2v) is 3.24. The highest BCUT2D eigenvalue weighted by Gasteiger charge is 2.27. The summed E-state index contributed by atoms with van der Waals surface area (Å²) in [4.78, 5) is 20.4. The molecule has 0 aromatic heterocycles. The van der Waals surface area contributed by atoms with E-state index in [9.17, 15) is 19.3 Å². The van der Waals surface area contributed by atoms with Crippen molar-refractivity contribution in [3.8, 4) is 0 Å². The minimum absolute atomic E-state index is 0.129. The fraction of sp³-hybridized carbons (Fsp3) is 0.222. The first-order chi connectivity index (χ1) is 7.58. The second-order valence-electron chi connectivity index (χ2n) is 3.24. The van der Waals surface area contributed by atoms with Crippen LogP contribution in [0, 0.1) is 15.9 Å². The third-order valence-electron chi connectivity index (χ3n) is 2.22. The number of amides is 1. The van der Waals surface area contributed by atoms with Gasteiger partial charge in [-0.05, 0) is 6.07 Å². The lowest BCUT2D eigenvalue weighted by molar-refractivity contribution is -0.385. The molecule has 0 aliphatic carbocycles. The maximum atomic E-state index is 13.5. The molecule has 0 radical (unpaired) electrons. The summed E-state index contributed by atoms with van der Waals surface area (Å²) in [7, 11) is 0. The van der Waals surface area contributed by atoms with Gasteiger partial charge in [-0.1, -0.05) is 0 Å². The van der Waals surface area contributed by atoms with Gasteiger partial charge < -0.3 is 10.1 Å². The van der Waals surface area contributed by atoms with Crippen molar-refractivity contribution in [3.63, 3.8) is 0 Å². The number of non-ortho nitro benzene ring substituents is 1. The van der Waals surface area contributed by atoms with E-state index in [1.54, 1.807) is 0 Å². The van der Waals surface area contributed by atoms with Gasteiger partial charge in [0, 0.05) is 11.6 Å². The van der Waals surface area contributed by atoms with E-state index in [0.717, 1.165) is 6.07 Å². The molecular weight excluding hydrogens is 219 g/mol. The molecule has 1 unspecified atom stereocenters. The molecule has 1 saturated heterocycles. The zero-order valence-electron chi connectivity index (χ0n) is 7.97. The Morgan fingerprint density at radius 2 is 2.31 bits per heavy atom. The number of cyclic esters (lactones) is 1. The van der Waals surface area contributed by atoms with E-state index in [2.05, 4.69) is 5.32 Å². The van der Waals surface area contributed by atoms with E-state index in [1.807, 2.05) is 0 Å². The molecule has 1 amide bonds. The molecule has 0 bridgehead atoms. The van der Waals surface area contributed by atoms with Crippen molar-refractivity contribution in [2.75, 3.05) is 6.54 Å². The standard InChI is InChI=1S/C9H7FN2O4/c10-7-3-5(12(14)15)1-2-6(7)8-4-11-9(13)16-8/h1-3,8H,4H2,(H,11,13). The molecule has 2 rings (SSSR count). The van der Waals surface area contributed by atoms with Gasteiger partial charge in [-0.15, -0.1) is 0 Å². The Morgan fingerprint density at radius 3 is 2.81 bits per heavy atom. The molecule has 1 N–H and O–H groups in total. The molecule has 1 aliphatic heterocycles. The lowest BCUT2D eigenvalue weighted by Gasteiger charge is -2.08. The van der Waals surface area contributed by atoms with Crippen LogP contribution in [0.25, 0.3) is 0 Å². The van der Waals surface area contributed by atoms with Crippen LogP contribution in [0.2, 0.25) is 0 Å². The van der Waals surface area contributed by atoms with Crippen LogP contribution in [0.3, 0.4) is 0 Å². The second kappa shape index (κ2) is 3.76. The van der Waals surface area contributed by atoms with Crippen LogP contribution in [-0.2, 0) is 4.74 Å². The molecule has 6 nitrogen and oxygen atoms in total. The number of alkyl carbamates (subject to hydrolysis) is 1. The van der Waals surface area contributed by atoms with Gasteiger partial charge in [-0.25, -0.2) is 9.18 Å². The summed E-state index contributed by atoms with van der Waals surface area (Å²) in [5.74, 6) is -0.754. The third kappa shape index (κ3) is 1.79. The average Bonchev–Trinajstić information content (AvgIpc) is 2.64. The first-order valence-corrected chi connectivity index (χ1v) is 4.46. The van der Waals surface area contributed by atoms with Crippen LogP contribution in [0.15, 0.2) is 18.2 Å². The first-order valence-electron chi connectivity index (χ1n) is 4.46. The minimum Gasteiger partial charge on any atom is -0.439 e. The highest BCUT2D eigenvalue weighted by molar-refractivity contribution is 5.69. The number of benzene rings is 1. The van der Waals surface area contributed by atoms with Gasteiger partial charge in [0.25, 0.3) is 5.69 Å². The zero-order chi connectivity index (χ0) is 11.7. The lowest BCUT2D eigenvalue weighted by atomic mass is 10.1. The van der Waals surface area contributed by atoms with E-state index < -0.39 is 22.9 Å². The summed E-state index contributed by atoms with van der Waals surface area (Å²) in [6.07, 6.45) is -1.35. The fourth-order valence-corrected chi connectivity index (χ4v) is 1.45. The van der Waals surface area contributed by atoms with Crippen LogP contribution < -0.4 is 5.32 Å². The van der Waals surface area contributed by atoms with Crippen molar-refractivity contribution in [2.24, 2.45) is 0 Å². The third-order valence-corrected chi connectivity index (χ3v) is 2.22. The van der Waals surface area contributed by atoms with Gasteiger partial charge in [0.1, 0.15) is 11.9 Å². The van der Waals surface area contributed by atoms with E-state index in [1.165, 1.54) is 12.1 Å². The zero-order valence-corrected chi connectivity index (χ0v) is 7.97. The topological polar surface area (TPSA) is 81.5 Å². The van der Waals surface area contributed by atoms with Crippen molar-refractivity contribution in [2.45, 2.75) is 6.10 Å². The predicted molar refractivity (Wildman–Crippen MR) is 50.3 cm³/mol. The van der Waals surface area contributed by atoms with Gasteiger partial charge in [0.15, 0.2) is 0 Å². The number of nitrogens with zero attached hydrogens (tertiary/aromatic N) is 1. The Hall–Kier alpha value is -2.18. The average molecular weight is 226 g/mol. The fourth-order valence-electron chi connectivity index (χ4n) is 1.45. The van der Waals surface area contributed by atoms with E-state index >= 15 is 0 Å². The predicted octanol–water partition coefficient (Wildman–Crippen LogP) is 1.51. The van der Waals surface area contributed by atoms with Gasteiger partial charge >= 0.3 is 6.09 Å². The smallest absolute Gasteiger partial charge is 0.407 e. The molecule has 1 aliphatic rings. The molecule has 1 heterocycles. The van der Waals surface area contributed by atoms with Crippen LogP contribution >= 0.6 is 0 Å². The van der Waals surface area contributed by atoms with Crippen LogP contribution in [0.4, 0.5) is 14.9 Å². The summed E-state index contributed by atoms with van der Waals surface area (Å²) < 4.78 is 18.2. The first kappa shape index (κ1) is 10.3. The van der Waals surface area contributed by atoms with Crippen LogP contribution in [0.5, 0.6) is 0 Å². The highest BCUT2D eigenvalue weighted by Crippen LogP contribution is 2.26. The van der Waals surface area contributed by atoms with Crippen LogP contribution in [0.1, 0.15) is 11.7 Å². The molecule has 1 fully saturated rings. The van der Waals surface area contributed by atoms with E-state index in [0.29, 0.717) is 0 Å². The van der Waals surface area contributed by atoms with Crippen molar-refractivity contribution in [1.82, 2.24) is 5.32 Å². The lowest BCUT2D eigenvalue weighted by Crippen LogP contribution is -2.12. The molecule has 1 aromatic rings. The van der Waals surface area contributed by atoms with Crippen molar-refractivity contribution < 1.29 is 18.8 Å². The maximum absolute atomic E-state index is 13.5. The Labute approximate surface area is 89.2 Å². The quantitative estimate of drug-likeness (QED) is 0.612. The number of halogens is 1. The molecule has 0 spiro atoms. The molecule has 7 heteroatoms. The van der Waals surface area contributed by atoms with Crippen molar-refractivity contribution in [1.29, 1.82) is 0 Å². The van der Waals surface area contributed by atoms with Gasteiger partial charge in [-0.3, -0.25) is 10.1 Å². The molecule has 84 valence electrons. The number of carbonyl (C=O) groups is 1. The Balaban J connectivity index is 2.29. The number of hydrogen-bond donors (Lipinski definition) is 1. The summed E-state index contributed by atoms with van der Waals surface area (Å²) >= 11 is 0. The molecule has 1 aromatic carbocycles. The number of carbonyl (C=O) groups excluding carboxylic acids is 1. The van der Waals surface area contributed by atoms with Gasteiger partial charge in [0.2, 0.25) is 0 Å². The number of hydrogen-bond acceptors (Lipinski definition) is 4. The molecule has 16 heavy (non-hydrogen) atoms. The maximum Gasteiger partial charge on any atom is 0.407 e. The number of ether oxygens (including phenoxy) is 1. The molecule has 1 atom stereocenters. The Bertz CT molecular complexity index is 463. The number of nitro benzene ring substituents is 1. The van der Waals surface area contributed by atoms with Gasteiger partial charge in [-0.2, -0.15) is 0 Å².